The van der Waals surface area contributed by atoms with Crippen molar-refractivity contribution in [3.63, 3.8) is 0 Å². The lowest BCUT2D eigenvalue weighted by molar-refractivity contribution is -0.120. The number of carbonyl (C=O) groups excluding carboxylic acids is 1. The van der Waals surface area contributed by atoms with E-state index in [0.29, 0.717) is 35.1 Å². The molecule has 31 heavy (non-hydrogen) atoms. The predicted molar refractivity (Wildman–Crippen MR) is 121 cm³/mol. The van der Waals surface area contributed by atoms with Crippen molar-refractivity contribution >= 4 is 56.4 Å². The second-order valence-corrected chi connectivity index (χ2v) is 10.1. The minimum absolute atomic E-state index is 0.0179. The molecule has 2 aromatic rings. The Labute approximate surface area is 196 Å². The summed E-state index contributed by atoms with van der Waals surface area (Å²) in [7, 11) is -0.991. The molecule has 1 fully saturated rings. The van der Waals surface area contributed by atoms with Crippen molar-refractivity contribution in [3.05, 3.63) is 45.4 Å². The number of anilines is 1. The SMILES string of the molecule is COc1cc(NC(=O)[C@@H]2CCCN(S(=O)(=O)c3cc(Cl)ccc3Cl)C2)c(OC)cc1Cl. The predicted octanol–water partition coefficient (Wildman–Crippen LogP) is 4.70. The van der Waals surface area contributed by atoms with Crippen LogP contribution in [0.5, 0.6) is 11.5 Å². The molecule has 3 rings (SSSR count). The van der Waals surface area contributed by atoms with Gasteiger partial charge < -0.3 is 14.8 Å². The van der Waals surface area contributed by atoms with Crippen LogP contribution < -0.4 is 14.8 Å². The molecule has 1 aliphatic rings. The van der Waals surface area contributed by atoms with Gasteiger partial charge in [-0.25, -0.2) is 8.42 Å². The Morgan fingerprint density at radius 2 is 1.77 bits per heavy atom. The molecule has 0 aliphatic carbocycles. The number of rotatable bonds is 6. The summed E-state index contributed by atoms with van der Waals surface area (Å²) in [6.45, 7) is 0.303. The highest BCUT2D eigenvalue weighted by molar-refractivity contribution is 7.89. The molecule has 1 heterocycles. The van der Waals surface area contributed by atoms with E-state index in [2.05, 4.69) is 5.32 Å². The molecule has 11 heteroatoms. The molecule has 1 saturated heterocycles. The summed E-state index contributed by atoms with van der Waals surface area (Å²) in [4.78, 5) is 12.9. The minimum Gasteiger partial charge on any atom is -0.495 e. The van der Waals surface area contributed by atoms with Gasteiger partial charge in [-0.1, -0.05) is 34.8 Å². The van der Waals surface area contributed by atoms with Gasteiger partial charge in [0.15, 0.2) is 0 Å². The van der Waals surface area contributed by atoms with Gasteiger partial charge in [-0.05, 0) is 31.0 Å². The summed E-state index contributed by atoms with van der Waals surface area (Å²) in [5, 5.41) is 3.47. The van der Waals surface area contributed by atoms with Gasteiger partial charge in [0, 0.05) is 30.2 Å². The molecule has 1 N–H and O–H groups in total. The molecule has 0 spiro atoms. The van der Waals surface area contributed by atoms with Crippen molar-refractivity contribution in [2.45, 2.75) is 17.7 Å². The molecule has 0 radical (unpaired) electrons. The largest absolute Gasteiger partial charge is 0.495 e. The lowest BCUT2D eigenvalue weighted by Gasteiger charge is -2.31. The van der Waals surface area contributed by atoms with E-state index in [4.69, 9.17) is 44.3 Å². The van der Waals surface area contributed by atoms with Gasteiger partial charge in [-0.2, -0.15) is 4.31 Å². The van der Waals surface area contributed by atoms with Crippen LogP contribution in [0.3, 0.4) is 0 Å². The molecule has 1 atom stereocenters. The number of hydrogen-bond donors (Lipinski definition) is 1. The Balaban J connectivity index is 1.81. The number of hydrogen-bond acceptors (Lipinski definition) is 5. The Morgan fingerprint density at radius 1 is 1.06 bits per heavy atom. The second kappa shape index (κ2) is 9.83. The van der Waals surface area contributed by atoms with Gasteiger partial charge in [0.25, 0.3) is 0 Å². The van der Waals surface area contributed by atoms with Crippen LogP contribution >= 0.6 is 34.8 Å². The standard InChI is InChI=1S/C20H21Cl3N2O5S/c1-29-17-10-16(18(30-2)9-15(17)23)24-20(26)12-4-3-7-25(11-12)31(27,28)19-8-13(21)5-6-14(19)22/h5-6,8-10,12H,3-4,7,11H2,1-2H3,(H,24,26)/t12-/m1/s1. The smallest absolute Gasteiger partial charge is 0.244 e. The van der Waals surface area contributed by atoms with E-state index in [9.17, 15) is 13.2 Å². The molecule has 1 amide bonds. The van der Waals surface area contributed by atoms with Gasteiger partial charge in [0.2, 0.25) is 15.9 Å². The van der Waals surface area contributed by atoms with E-state index in [1.54, 1.807) is 6.07 Å². The van der Waals surface area contributed by atoms with Crippen LogP contribution in [0, 0.1) is 5.92 Å². The van der Waals surface area contributed by atoms with Crippen molar-refractivity contribution < 1.29 is 22.7 Å². The molecule has 2 aromatic carbocycles. The van der Waals surface area contributed by atoms with Crippen LogP contribution in [-0.4, -0.2) is 45.9 Å². The number of sulfonamides is 1. The number of carbonyl (C=O) groups is 1. The number of ether oxygens (including phenoxy) is 2. The molecular weight excluding hydrogens is 487 g/mol. The topological polar surface area (TPSA) is 84.9 Å². The average molecular weight is 508 g/mol. The normalized spacial score (nSPS) is 17.3. The first-order chi connectivity index (χ1) is 14.7. The van der Waals surface area contributed by atoms with Crippen molar-refractivity contribution in [2.75, 3.05) is 32.6 Å². The van der Waals surface area contributed by atoms with Gasteiger partial charge in [-0.15, -0.1) is 0 Å². The highest BCUT2D eigenvalue weighted by Gasteiger charge is 2.34. The molecule has 1 aliphatic heterocycles. The van der Waals surface area contributed by atoms with Gasteiger partial charge in [0.1, 0.15) is 16.4 Å². The molecule has 0 saturated carbocycles. The van der Waals surface area contributed by atoms with Crippen LogP contribution in [0.4, 0.5) is 5.69 Å². The van der Waals surface area contributed by atoms with Crippen molar-refractivity contribution in [1.29, 1.82) is 0 Å². The van der Waals surface area contributed by atoms with Gasteiger partial charge >= 0.3 is 0 Å². The quantitative estimate of drug-likeness (QED) is 0.612. The van der Waals surface area contributed by atoms with Crippen LogP contribution in [0.25, 0.3) is 0 Å². The summed E-state index contributed by atoms with van der Waals surface area (Å²) in [6, 6.07) is 7.36. The fourth-order valence-electron chi connectivity index (χ4n) is 3.38. The number of amides is 1. The molecule has 7 nitrogen and oxygen atoms in total. The van der Waals surface area contributed by atoms with E-state index >= 15 is 0 Å². The fraction of sp³-hybridized carbons (Fsp3) is 0.350. The van der Waals surface area contributed by atoms with E-state index in [-0.39, 0.29) is 33.9 Å². The molecule has 0 unspecified atom stereocenters. The zero-order chi connectivity index (χ0) is 22.8. The van der Waals surface area contributed by atoms with Gasteiger partial charge in [0.05, 0.1) is 35.9 Å². The van der Waals surface area contributed by atoms with E-state index in [1.807, 2.05) is 0 Å². The minimum atomic E-state index is -3.91. The number of methoxy groups -OCH3 is 2. The summed E-state index contributed by atoms with van der Waals surface area (Å²) in [6.07, 6.45) is 1.06. The number of piperidine rings is 1. The van der Waals surface area contributed by atoms with Crippen LogP contribution in [-0.2, 0) is 14.8 Å². The van der Waals surface area contributed by atoms with Crippen LogP contribution in [0.1, 0.15) is 12.8 Å². The van der Waals surface area contributed by atoms with Crippen LogP contribution in [0.15, 0.2) is 35.2 Å². The lowest BCUT2D eigenvalue weighted by atomic mass is 9.98. The van der Waals surface area contributed by atoms with E-state index in [1.165, 1.54) is 42.8 Å². The third-order valence-corrected chi connectivity index (χ3v) is 7.87. The molecule has 168 valence electrons. The summed E-state index contributed by atoms with van der Waals surface area (Å²) in [5.41, 5.74) is 0.381. The van der Waals surface area contributed by atoms with Gasteiger partial charge in [-0.3, -0.25) is 4.79 Å². The first-order valence-electron chi connectivity index (χ1n) is 9.35. The van der Waals surface area contributed by atoms with Crippen molar-refractivity contribution in [1.82, 2.24) is 4.31 Å². The van der Waals surface area contributed by atoms with Crippen molar-refractivity contribution in [3.8, 4) is 11.5 Å². The summed E-state index contributed by atoms with van der Waals surface area (Å²) in [5.74, 6) is -0.154. The lowest BCUT2D eigenvalue weighted by Crippen LogP contribution is -2.43. The molecule has 0 bridgehead atoms. The summed E-state index contributed by atoms with van der Waals surface area (Å²) < 4.78 is 38.0. The Bertz CT molecular complexity index is 1090. The molecular formula is C20H21Cl3N2O5S. The highest BCUT2D eigenvalue weighted by Crippen LogP contribution is 2.37. The Morgan fingerprint density at radius 3 is 2.45 bits per heavy atom. The first-order valence-corrected chi connectivity index (χ1v) is 11.9. The third-order valence-electron chi connectivity index (χ3n) is 5.00. The zero-order valence-electron chi connectivity index (χ0n) is 16.8. The number of nitrogens with one attached hydrogen (secondary N) is 1. The molecule has 0 aromatic heterocycles. The Hall–Kier alpha value is -1.71. The second-order valence-electron chi connectivity index (χ2n) is 6.95. The maximum absolute atomic E-state index is 13.1. The maximum atomic E-state index is 13.1. The number of halogens is 3. The Kier molecular flexibility index (Phi) is 7.59. The van der Waals surface area contributed by atoms with Crippen LogP contribution in [0.2, 0.25) is 15.1 Å². The first kappa shape index (κ1) is 23.9. The average Bonchev–Trinajstić information content (AvgIpc) is 2.76. The van der Waals surface area contributed by atoms with E-state index in [0.717, 1.165) is 0 Å². The fourth-order valence-corrected chi connectivity index (χ4v) is 5.87. The maximum Gasteiger partial charge on any atom is 0.244 e. The van der Waals surface area contributed by atoms with Crippen molar-refractivity contribution in [2.24, 2.45) is 5.92 Å². The third kappa shape index (κ3) is 5.21. The van der Waals surface area contributed by atoms with E-state index < -0.39 is 15.9 Å². The number of nitrogens with zero attached hydrogens (tertiary/aromatic N) is 1. The highest BCUT2D eigenvalue weighted by atomic mass is 35.5. The monoisotopic (exact) mass is 506 g/mol. The summed E-state index contributed by atoms with van der Waals surface area (Å²) >= 11 is 18.2. The zero-order valence-corrected chi connectivity index (χ0v) is 19.9. The number of benzene rings is 2.